The number of hydrogen-bond acceptors (Lipinski definition) is 6. The molecule has 0 radical (unpaired) electrons. The minimum Gasteiger partial charge on any atom is -0.493 e. The van der Waals surface area contributed by atoms with Crippen LogP contribution in [0.3, 0.4) is 0 Å². The highest BCUT2D eigenvalue weighted by atomic mass is 19.3. The Labute approximate surface area is 137 Å². The molecule has 134 valence electrons. The summed E-state index contributed by atoms with van der Waals surface area (Å²) < 4.78 is 33.8. The zero-order valence-corrected chi connectivity index (χ0v) is 13.3. The van der Waals surface area contributed by atoms with Crippen LogP contribution < -0.4 is 20.1 Å². The van der Waals surface area contributed by atoms with Crippen LogP contribution in [0.4, 0.5) is 14.5 Å². The molecule has 0 saturated carbocycles. The lowest BCUT2D eigenvalue weighted by Gasteiger charge is -2.12. The molecule has 0 fully saturated rings. The summed E-state index contributed by atoms with van der Waals surface area (Å²) in [6.45, 7) is 0.348. The molecule has 0 saturated heterocycles. The van der Waals surface area contributed by atoms with Crippen molar-refractivity contribution >= 4 is 11.6 Å². The lowest BCUT2D eigenvalue weighted by molar-refractivity contribution is -0.385. The normalized spacial score (nSPS) is 10.5. The second kappa shape index (κ2) is 9.60. The van der Waals surface area contributed by atoms with Crippen LogP contribution in [-0.4, -0.2) is 44.2 Å². The largest absolute Gasteiger partial charge is 0.493 e. The van der Waals surface area contributed by atoms with Crippen molar-refractivity contribution in [2.45, 2.75) is 20.0 Å². The maximum atomic E-state index is 12.4. The van der Waals surface area contributed by atoms with Gasteiger partial charge in [0.2, 0.25) is 0 Å². The molecule has 1 rings (SSSR count). The first-order valence-corrected chi connectivity index (χ1v) is 7.20. The van der Waals surface area contributed by atoms with Crippen LogP contribution in [-0.2, 0) is 0 Å². The zero-order valence-electron chi connectivity index (χ0n) is 13.3. The van der Waals surface area contributed by atoms with E-state index in [0.29, 0.717) is 6.54 Å². The molecule has 1 aromatic carbocycles. The van der Waals surface area contributed by atoms with Crippen LogP contribution in [0.5, 0.6) is 11.5 Å². The third kappa shape index (κ3) is 5.61. The van der Waals surface area contributed by atoms with Gasteiger partial charge in [0, 0.05) is 19.2 Å². The van der Waals surface area contributed by atoms with Crippen molar-refractivity contribution in [2.75, 3.05) is 26.7 Å². The lowest BCUT2D eigenvalue weighted by Crippen LogP contribution is -2.32. The van der Waals surface area contributed by atoms with Crippen molar-refractivity contribution in [1.29, 1.82) is 0 Å². The summed E-state index contributed by atoms with van der Waals surface area (Å²) >= 11 is 0. The molecule has 10 heteroatoms. The third-order valence-electron chi connectivity index (χ3n) is 2.95. The molecule has 0 aromatic heterocycles. The van der Waals surface area contributed by atoms with Crippen molar-refractivity contribution in [3.05, 3.63) is 27.8 Å². The number of alkyl halides is 2. The fraction of sp³-hybridized carbons (Fsp3) is 0.500. The number of nitro groups is 1. The first kappa shape index (κ1) is 19.6. The van der Waals surface area contributed by atoms with Gasteiger partial charge in [0.1, 0.15) is 5.56 Å². The maximum Gasteiger partial charge on any atom is 0.387 e. The summed E-state index contributed by atoms with van der Waals surface area (Å²) in [5.41, 5.74) is -0.945. The average Bonchev–Trinajstić information content (AvgIpc) is 2.53. The van der Waals surface area contributed by atoms with Crippen LogP contribution in [0.1, 0.15) is 23.7 Å². The van der Waals surface area contributed by atoms with E-state index in [1.165, 1.54) is 7.11 Å². The van der Waals surface area contributed by atoms with Gasteiger partial charge in [0.25, 0.3) is 11.6 Å². The highest BCUT2D eigenvalue weighted by molar-refractivity contribution is 5.99. The predicted octanol–water partition coefficient (Wildman–Crippen LogP) is 1.93. The van der Waals surface area contributed by atoms with E-state index in [0.717, 1.165) is 25.1 Å². The van der Waals surface area contributed by atoms with E-state index < -0.39 is 28.9 Å². The number of carbonyl (C=O) groups is 1. The minimum atomic E-state index is -3.18. The van der Waals surface area contributed by atoms with Crippen LogP contribution in [0.25, 0.3) is 0 Å². The Bertz CT molecular complexity index is 584. The summed E-state index contributed by atoms with van der Waals surface area (Å²) in [4.78, 5) is 22.4. The van der Waals surface area contributed by atoms with Crippen molar-refractivity contribution in [3.8, 4) is 11.5 Å². The quantitative estimate of drug-likeness (QED) is 0.381. The second-order valence-corrected chi connectivity index (χ2v) is 4.66. The number of benzene rings is 1. The molecule has 2 N–H and O–H groups in total. The number of nitrogens with zero attached hydrogens (tertiary/aromatic N) is 1. The predicted molar refractivity (Wildman–Crippen MR) is 81.8 cm³/mol. The number of ether oxygens (including phenoxy) is 2. The molecule has 1 aromatic rings. The molecule has 0 bridgehead atoms. The van der Waals surface area contributed by atoms with E-state index in [9.17, 15) is 23.7 Å². The molecule has 8 nitrogen and oxygen atoms in total. The molecule has 0 heterocycles. The van der Waals surface area contributed by atoms with Gasteiger partial charge in [-0.05, 0) is 13.0 Å². The maximum absolute atomic E-state index is 12.4. The summed E-state index contributed by atoms with van der Waals surface area (Å²) in [6, 6.07) is 1.75. The summed E-state index contributed by atoms with van der Waals surface area (Å²) in [7, 11) is 1.18. The second-order valence-electron chi connectivity index (χ2n) is 4.66. The van der Waals surface area contributed by atoms with Crippen molar-refractivity contribution in [3.63, 3.8) is 0 Å². The van der Waals surface area contributed by atoms with Crippen molar-refractivity contribution < 1.29 is 28.0 Å². The Hall–Kier alpha value is -2.49. The minimum absolute atomic E-state index is 0.199. The van der Waals surface area contributed by atoms with E-state index in [-0.39, 0.29) is 17.9 Å². The molecule has 0 aliphatic heterocycles. The Morgan fingerprint density at radius 1 is 1.29 bits per heavy atom. The number of nitrogens with one attached hydrogen (secondary N) is 2. The molecule has 0 unspecified atom stereocenters. The molecular formula is C14H19F2N3O5. The van der Waals surface area contributed by atoms with Gasteiger partial charge in [-0.25, -0.2) is 0 Å². The fourth-order valence-electron chi connectivity index (χ4n) is 1.89. The SMILES string of the molecule is CCCNCCNC(=O)c1cc(OC)c(OC(F)F)cc1[N+](=O)[O-]. The van der Waals surface area contributed by atoms with E-state index in [1.54, 1.807) is 0 Å². The van der Waals surface area contributed by atoms with Gasteiger partial charge in [-0.15, -0.1) is 0 Å². The number of rotatable bonds is 10. The third-order valence-corrected chi connectivity index (χ3v) is 2.95. The molecule has 0 atom stereocenters. The first-order valence-electron chi connectivity index (χ1n) is 7.20. The van der Waals surface area contributed by atoms with Crippen molar-refractivity contribution in [1.82, 2.24) is 10.6 Å². The van der Waals surface area contributed by atoms with Gasteiger partial charge in [0.05, 0.1) is 18.1 Å². The molecule has 1 amide bonds. The van der Waals surface area contributed by atoms with Gasteiger partial charge in [-0.3, -0.25) is 14.9 Å². The highest BCUT2D eigenvalue weighted by Crippen LogP contribution is 2.35. The molecule has 0 aliphatic carbocycles. The Morgan fingerprint density at radius 2 is 2.00 bits per heavy atom. The molecule has 0 aliphatic rings. The number of amides is 1. The lowest BCUT2D eigenvalue weighted by atomic mass is 10.1. The van der Waals surface area contributed by atoms with Crippen LogP contribution >= 0.6 is 0 Å². The highest BCUT2D eigenvalue weighted by Gasteiger charge is 2.25. The Kier molecular flexibility index (Phi) is 7.83. The number of carbonyl (C=O) groups excluding carboxylic acids is 1. The van der Waals surface area contributed by atoms with E-state index in [1.807, 2.05) is 6.92 Å². The smallest absolute Gasteiger partial charge is 0.387 e. The number of hydrogen-bond donors (Lipinski definition) is 2. The average molecular weight is 347 g/mol. The van der Waals surface area contributed by atoms with E-state index in [2.05, 4.69) is 15.4 Å². The van der Waals surface area contributed by atoms with Crippen molar-refractivity contribution in [2.24, 2.45) is 0 Å². The molecule has 0 spiro atoms. The summed E-state index contributed by atoms with van der Waals surface area (Å²) in [5.74, 6) is -1.42. The van der Waals surface area contributed by atoms with Crippen LogP contribution in [0, 0.1) is 10.1 Å². The number of halogens is 2. The summed E-state index contributed by atoms with van der Waals surface area (Å²) in [6.07, 6.45) is 0.933. The fourth-order valence-corrected chi connectivity index (χ4v) is 1.89. The zero-order chi connectivity index (χ0) is 18.1. The number of nitro benzene ring substituents is 1. The Balaban J connectivity index is 2.99. The standard InChI is InChI=1S/C14H19F2N3O5/c1-3-4-17-5-6-18-13(20)9-7-11(23-2)12(24-14(15)16)8-10(9)19(21)22/h7-8,14,17H,3-6H2,1-2H3,(H,18,20). The monoisotopic (exact) mass is 347 g/mol. The van der Waals surface area contributed by atoms with Crippen LogP contribution in [0.15, 0.2) is 12.1 Å². The first-order chi connectivity index (χ1) is 11.4. The van der Waals surface area contributed by atoms with E-state index >= 15 is 0 Å². The van der Waals surface area contributed by atoms with Gasteiger partial charge >= 0.3 is 6.61 Å². The molecular weight excluding hydrogens is 328 g/mol. The van der Waals surface area contributed by atoms with E-state index in [4.69, 9.17) is 4.74 Å². The Morgan fingerprint density at radius 3 is 2.54 bits per heavy atom. The van der Waals surface area contributed by atoms with Gasteiger partial charge in [-0.1, -0.05) is 6.92 Å². The van der Waals surface area contributed by atoms with Gasteiger partial charge in [-0.2, -0.15) is 8.78 Å². The summed E-state index contributed by atoms with van der Waals surface area (Å²) in [5, 5.41) is 16.7. The van der Waals surface area contributed by atoms with Crippen LogP contribution in [0.2, 0.25) is 0 Å². The molecule has 24 heavy (non-hydrogen) atoms. The number of methoxy groups -OCH3 is 1. The van der Waals surface area contributed by atoms with Gasteiger partial charge < -0.3 is 20.1 Å². The van der Waals surface area contributed by atoms with Gasteiger partial charge in [0.15, 0.2) is 11.5 Å². The topological polar surface area (TPSA) is 103 Å².